The summed E-state index contributed by atoms with van der Waals surface area (Å²) in [5.74, 6) is -0.0347. The molecule has 5 nitrogen and oxygen atoms in total. The number of nitrogens with zero attached hydrogens (tertiary/aromatic N) is 1. The highest BCUT2D eigenvalue weighted by Crippen LogP contribution is 2.29. The molecule has 0 saturated heterocycles. The quantitative estimate of drug-likeness (QED) is 0.690. The van der Waals surface area contributed by atoms with Crippen molar-refractivity contribution in [3.63, 3.8) is 0 Å². The molecule has 100 valence electrons. The molecule has 0 spiro atoms. The second-order valence-electron chi connectivity index (χ2n) is 4.50. The van der Waals surface area contributed by atoms with Crippen molar-refractivity contribution in [2.75, 3.05) is 13.1 Å². The highest BCUT2D eigenvalue weighted by molar-refractivity contribution is 5.87. The zero-order chi connectivity index (χ0) is 12.1. The SMILES string of the molecule is CCCN(CC1CC1)C(=O)C(N)CC(N)=O.Cl. The minimum absolute atomic E-state index is 0. The van der Waals surface area contributed by atoms with E-state index in [4.69, 9.17) is 11.5 Å². The van der Waals surface area contributed by atoms with Gasteiger partial charge in [0.1, 0.15) is 0 Å². The standard InChI is InChI=1S/C11H21N3O2.ClH/c1-2-5-14(7-8-3-4-8)11(16)9(12)6-10(13)15;/h8-9H,2-7,12H2,1H3,(H2,13,15);1H. The first-order valence-electron chi connectivity index (χ1n) is 5.87. The Morgan fingerprint density at radius 2 is 2.00 bits per heavy atom. The first kappa shape index (κ1) is 16.2. The predicted molar refractivity (Wildman–Crippen MR) is 68.6 cm³/mol. The Kier molecular flexibility index (Phi) is 7.15. The molecule has 0 aromatic carbocycles. The molecular weight excluding hydrogens is 242 g/mol. The van der Waals surface area contributed by atoms with Gasteiger partial charge in [0.25, 0.3) is 0 Å². The number of carbonyl (C=O) groups is 2. The molecule has 1 rings (SSSR count). The maximum absolute atomic E-state index is 11.9. The van der Waals surface area contributed by atoms with Gasteiger partial charge in [-0.25, -0.2) is 0 Å². The summed E-state index contributed by atoms with van der Waals surface area (Å²) >= 11 is 0. The van der Waals surface area contributed by atoms with Gasteiger partial charge in [-0.05, 0) is 25.2 Å². The molecule has 1 unspecified atom stereocenters. The normalized spacial score (nSPS) is 15.9. The summed E-state index contributed by atoms with van der Waals surface area (Å²) in [5, 5.41) is 0. The van der Waals surface area contributed by atoms with Crippen molar-refractivity contribution < 1.29 is 9.59 Å². The van der Waals surface area contributed by atoms with E-state index in [1.807, 2.05) is 6.92 Å². The Labute approximate surface area is 108 Å². The summed E-state index contributed by atoms with van der Waals surface area (Å²) in [6, 6.07) is -0.775. The Morgan fingerprint density at radius 3 is 2.41 bits per heavy atom. The fourth-order valence-electron chi connectivity index (χ4n) is 1.71. The summed E-state index contributed by atoms with van der Waals surface area (Å²) in [4.78, 5) is 24.4. The monoisotopic (exact) mass is 263 g/mol. The van der Waals surface area contributed by atoms with Crippen molar-refractivity contribution in [3.05, 3.63) is 0 Å². The Bertz CT molecular complexity index is 269. The number of hydrogen-bond donors (Lipinski definition) is 2. The van der Waals surface area contributed by atoms with Gasteiger partial charge in [0, 0.05) is 13.1 Å². The lowest BCUT2D eigenvalue weighted by atomic mass is 10.1. The van der Waals surface area contributed by atoms with Crippen LogP contribution >= 0.6 is 12.4 Å². The van der Waals surface area contributed by atoms with Crippen LogP contribution in [0.1, 0.15) is 32.6 Å². The molecule has 1 aliphatic carbocycles. The van der Waals surface area contributed by atoms with Gasteiger partial charge in [0.15, 0.2) is 0 Å². The predicted octanol–water partition coefficient (Wildman–Crippen LogP) is 0.260. The van der Waals surface area contributed by atoms with Crippen LogP contribution in [0, 0.1) is 5.92 Å². The molecule has 2 amide bonds. The first-order valence-corrected chi connectivity index (χ1v) is 5.87. The van der Waals surface area contributed by atoms with E-state index < -0.39 is 11.9 Å². The van der Waals surface area contributed by atoms with E-state index in [0.29, 0.717) is 12.5 Å². The van der Waals surface area contributed by atoms with Crippen LogP contribution in [0.4, 0.5) is 0 Å². The molecule has 0 aliphatic heterocycles. The average Bonchev–Trinajstić information content (AvgIpc) is 2.99. The third kappa shape index (κ3) is 5.89. The maximum atomic E-state index is 11.9. The zero-order valence-electron chi connectivity index (χ0n) is 10.2. The van der Waals surface area contributed by atoms with Crippen LogP contribution in [0.25, 0.3) is 0 Å². The molecule has 1 saturated carbocycles. The molecule has 0 bridgehead atoms. The molecule has 0 heterocycles. The van der Waals surface area contributed by atoms with Crippen molar-refractivity contribution in [3.8, 4) is 0 Å². The second-order valence-corrected chi connectivity index (χ2v) is 4.50. The number of amides is 2. The number of carbonyl (C=O) groups excluding carboxylic acids is 2. The number of hydrogen-bond acceptors (Lipinski definition) is 3. The highest BCUT2D eigenvalue weighted by Gasteiger charge is 2.28. The average molecular weight is 264 g/mol. The molecular formula is C11H22ClN3O2. The Hall–Kier alpha value is -0.810. The number of nitrogens with two attached hydrogens (primary N) is 2. The number of primary amides is 1. The lowest BCUT2D eigenvalue weighted by Crippen LogP contribution is -2.46. The van der Waals surface area contributed by atoms with Crippen molar-refractivity contribution >= 4 is 24.2 Å². The minimum atomic E-state index is -0.775. The van der Waals surface area contributed by atoms with Crippen molar-refractivity contribution in [2.45, 2.75) is 38.6 Å². The van der Waals surface area contributed by atoms with Gasteiger partial charge >= 0.3 is 0 Å². The molecule has 4 N–H and O–H groups in total. The van der Waals surface area contributed by atoms with Crippen LogP contribution in [0.5, 0.6) is 0 Å². The van der Waals surface area contributed by atoms with Crippen LogP contribution in [0.3, 0.4) is 0 Å². The maximum Gasteiger partial charge on any atom is 0.240 e. The fraction of sp³-hybridized carbons (Fsp3) is 0.818. The highest BCUT2D eigenvalue weighted by atomic mass is 35.5. The van der Waals surface area contributed by atoms with Crippen LogP contribution in [-0.4, -0.2) is 35.8 Å². The lowest BCUT2D eigenvalue weighted by Gasteiger charge is -2.24. The largest absolute Gasteiger partial charge is 0.370 e. The molecule has 6 heteroatoms. The summed E-state index contributed by atoms with van der Waals surface area (Å²) in [6.45, 7) is 3.51. The van der Waals surface area contributed by atoms with E-state index in [2.05, 4.69) is 0 Å². The van der Waals surface area contributed by atoms with Gasteiger partial charge in [0.05, 0.1) is 12.5 Å². The van der Waals surface area contributed by atoms with Crippen LogP contribution < -0.4 is 11.5 Å². The number of rotatable bonds is 7. The summed E-state index contributed by atoms with van der Waals surface area (Å²) < 4.78 is 0. The van der Waals surface area contributed by atoms with Crippen LogP contribution in [0.15, 0.2) is 0 Å². The summed E-state index contributed by atoms with van der Waals surface area (Å²) in [7, 11) is 0. The summed E-state index contributed by atoms with van der Waals surface area (Å²) in [6.07, 6.45) is 3.22. The molecule has 0 aromatic heterocycles. The lowest BCUT2D eigenvalue weighted by molar-refractivity contribution is -0.134. The van der Waals surface area contributed by atoms with E-state index in [9.17, 15) is 9.59 Å². The topological polar surface area (TPSA) is 89.4 Å². The molecule has 17 heavy (non-hydrogen) atoms. The smallest absolute Gasteiger partial charge is 0.240 e. The minimum Gasteiger partial charge on any atom is -0.370 e. The van der Waals surface area contributed by atoms with Gasteiger partial charge in [-0.1, -0.05) is 6.92 Å². The van der Waals surface area contributed by atoms with E-state index in [0.717, 1.165) is 13.0 Å². The van der Waals surface area contributed by atoms with Gasteiger partial charge in [-0.15, -0.1) is 12.4 Å². The first-order chi connectivity index (χ1) is 7.54. The molecule has 1 atom stereocenters. The van der Waals surface area contributed by atoms with E-state index in [1.54, 1.807) is 4.90 Å². The molecule has 1 aliphatic rings. The van der Waals surface area contributed by atoms with Crippen molar-refractivity contribution in [2.24, 2.45) is 17.4 Å². The fourth-order valence-corrected chi connectivity index (χ4v) is 1.71. The van der Waals surface area contributed by atoms with Gasteiger partial charge in [0.2, 0.25) is 11.8 Å². The van der Waals surface area contributed by atoms with Crippen LogP contribution in [0.2, 0.25) is 0 Å². The second kappa shape index (κ2) is 7.50. The van der Waals surface area contributed by atoms with E-state index in [-0.39, 0.29) is 24.7 Å². The van der Waals surface area contributed by atoms with E-state index >= 15 is 0 Å². The Balaban J connectivity index is 0.00000256. The molecule has 0 aromatic rings. The molecule has 1 fully saturated rings. The van der Waals surface area contributed by atoms with Crippen LogP contribution in [-0.2, 0) is 9.59 Å². The zero-order valence-corrected chi connectivity index (χ0v) is 11.0. The van der Waals surface area contributed by atoms with Crippen molar-refractivity contribution in [1.29, 1.82) is 0 Å². The third-order valence-corrected chi connectivity index (χ3v) is 2.72. The Morgan fingerprint density at radius 1 is 1.41 bits per heavy atom. The number of halogens is 1. The van der Waals surface area contributed by atoms with Gasteiger partial charge in [-0.3, -0.25) is 9.59 Å². The molecule has 0 radical (unpaired) electrons. The summed E-state index contributed by atoms with van der Waals surface area (Å²) in [5.41, 5.74) is 10.7. The van der Waals surface area contributed by atoms with E-state index in [1.165, 1.54) is 12.8 Å². The van der Waals surface area contributed by atoms with Gasteiger partial charge in [-0.2, -0.15) is 0 Å². The third-order valence-electron chi connectivity index (χ3n) is 2.72. The van der Waals surface area contributed by atoms with Crippen molar-refractivity contribution in [1.82, 2.24) is 4.90 Å². The van der Waals surface area contributed by atoms with Gasteiger partial charge < -0.3 is 16.4 Å².